The molecular weight excluding hydrogens is 396 g/mol. The number of rotatable bonds is 12. The van der Waals surface area contributed by atoms with Crippen molar-refractivity contribution >= 4 is 31.9 Å². The van der Waals surface area contributed by atoms with Crippen LogP contribution in [0, 0.1) is 0 Å². The van der Waals surface area contributed by atoms with E-state index in [4.69, 9.17) is 22.8 Å². The van der Waals surface area contributed by atoms with Crippen molar-refractivity contribution in [3.05, 3.63) is 12.2 Å². The molecule has 0 spiro atoms. The minimum atomic E-state index is -2.11. The second-order valence-electron chi connectivity index (χ2n) is 7.89. The average Bonchev–Trinajstić information content (AvgIpc) is 2.51. The Labute approximate surface area is 170 Å². The molecule has 6 nitrogen and oxygen atoms in total. The van der Waals surface area contributed by atoms with Gasteiger partial charge in [-0.15, -0.1) is 0 Å². The number of aliphatic hydroxyl groups excluding tert-OH is 1. The topological polar surface area (TPSA) is 74.2 Å². The molecule has 0 aliphatic rings. The van der Waals surface area contributed by atoms with Crippen molar-refractivity contribution in [2.45, 2.75) is 78.6 Å². The van der Waals surface area contributed by atoms with Crippen LogP contribution < -0.4 is 0 Å². The zero-order chi connectivity index (χ0) is 21.7. The van der Waals surface area contributed by atoms with Crippen LogP contribution in [0.4, 0.5) is 0 Å². The summed E-state index contributed by atoms with van der Waals surface area (Å²) < 4.78 is 23.5. The molecule has 0 bridgehead atoms. The van der Waals surface area contributed by atoms with E-state index in [0.29, 0.717) is 18.8 Å². The van der Waals surface area contributed by atoms with Gasteiger partial charge in [0, 0.05) is 12.2 Å². The van der Waals surface area contributed by atoms with Gasteiger partial charge in [-0.25, -0.2) is 4.79 Å². The number of carbonyl (C=O) groups is 1. The average molecular weight is 439 g/mol. The van der Waals surface area contributed by atoms with Crippen LogP contribution in [0.15, 0.2) is 12.2 Å². The molecule has 2 unspecified atom stereocenters. The second kappa shape index (κ2) is 14.7. The molecule has 2 atom stereocenters. The van der Waals surface area contributed by atoms with Gasteiger partial charge in [-0.05, 0) is 59.0 Å². The molecule has 27 heavy (non-hydrogen) atoms. The van der Waals surface area contributed by atoms with Crippen molar-refractivity contribution in [3.8, 4) is 0 Å². The van der Waals surface area contributed by atoms with Gasteiger partial charge >= 0.3 is 14.5 Å². The van der Waals surface area contributed by atoms with Gasteiger partial charge in [0.15, 0.2) is 17.4 Å². The van der Waals surface area contributed by atoms with E-state index in [1.54, 1.807) is 6.92 Å². The Bertz CT molecular complexity index is 422. The summed E-state index contributed by atoms with van der Waals surface area (Å²) in [5.74, 6) is -0.375. The third-order valence-corrected chi connectivity index (χ3v) is 13.1. The van der Waals surface area contributed by atoms with Gasteiger partial charge in [0.05, 0.1) is 12.3 Å². The molecule has 0 saturated carbocycles. The number of carbonyl (C=O) groups excluding carboxylic acids is 1. The monoisotopic (exact) mass is 438 g/mol. The van der Waals surface area contributed by atoms with Gasteiger partial charge < -0.3 is 22.8 Å². The Morgan fingerprint density at radius 2 is 1.67 bits per heavy atom. The molecule has 0 aliphatic carbocycles. The minimum Gasteiger partial charge on any atom is -0.460 e. The molecule has 0 aromatic rings. The highest BCUT2D eigenvalue weighted by Gasteiger charge is 2.35. The van der Waals surface area contributed by atoms with Gasteiger partial charge in [-0.3, -0.25) is 0 Å². The fraction of sp³-hybridized carbons (Fsp3) is 0.833. The van der Waals surface area contributed by atoms with Crippen molar-refractivity contribution in [2.24, 2.45) is 0 Å². The highest BCUT2D eigenvalue weighted by molar-refractivity contribution is 6.84. The van der Waals surface area contributed by atoms with Crippen molar-refractivity contribution in [2.75, 3.05) is 19.8 Å². The molecule has 0 saturated heterocycles. The van der Waals surface area contributed by atoms with Gasteiger partial charge in [-0.1, -0.05) is 20.4 Å². The van der Waals surface area contributed by atoms with Gasteiger partial charge in [0.1, 0.15) is 6.61 Å². The summed E-state index contributed by atoms with van der Waals surface area (Å²) >= 11 is 0. The van der Waals surface area contributed by atoms with Crippen LogP contribution in [-0.4, -0.2) is 62.5 Å². The third-order valence-electron chi connectivity index (χ3n) is 3.17. The maximum atomic E-state index is 11.3. The van der Waals surface area contributed by atoms with E-state index in [9.17, 15) is 4.79 Å². The van der Waals surface area contributed by atoms with Gasteiger partial charge in [-0.2, -0.15) is 0 Å². The lowest BCUT2D eigenvalue weighted by Gasteiger charge is -2.35. The number of hydrogen-bond donors (Lipinski definition) is 1. The lowest BCUT2D eigenvalue weighted by Crippen LogP contribution is -2.50. The highest BCUT2D eigenvalue weighted by atomic mass is 28.5. The van der Waals surface area contributed by atoms with Crippen LogP contribution >= 0.6 is 0 Å². The Morgan fingerprint density at radius 1 is 1.15 bits per heavy atom. The molecular formula is C18H42O6Si3. The molecule has 9 heteroatoms. The Morgan fingerprint density at radius 3 is 2.04 bits per heavy atom. The minimum absolute atomic E-state index is 0.0931. The number of esters is 1. The smallest absolute Gasteiger partial charge is 0.333 e. The van der Waals surface area contributed by atoms with Crippen LogP contribution in [0.25, 0.3) is 0 Å². The van der Waals surface area contributed by atoms with Crippen molar-refractivity contribution < 1.29 is 27.6 Å². The van der Waals surface area contributed by atoms with Crippen LogP contribution in [0.3, 0.4) is 0 Å². The van der Waals surface area contributed by atoms with E-state index in [0.717, 1.165) is 12.8 Å². The molecule has 0 radical (unpaired) electrons. The van der Waals surface area contributed by atoms with Crippen LogP contribution in [0.2, 0.25) is 39.3 Å². The van der Waals surface area contributed by atoms with E-state index >= 15 is 0 Å². The summed E-state index contributed by atoms with van der Waals surface area (Å²) in [4.78, 5) is 11.3. The van der Waals surface area contributed by atoms with E-state index in [-0.39, 0.29) is 18.3 Å². The first-order chi connectivity index (χ1) is 12.3. The Balaban J connectivity index is 0. The number of aliphatic hydroxyl groups is 1. The first-order valence-electron chi connectivity index (χ1n) is 9.72. The molecule has 1 N–H and O–H groups in total. The van der Waals surface area contributed by atoms with E-state index in [1.807, 2.05) is 6.92 Å². The largest absolute Gasteiger partial charge is 0.460 e. The van der Waals surface area contributed by atoms with Crippen LogP contribution in [0.1, 0.15) is 33.6 Å². The first-order valence-corrected chi connectivity index (χ1v) is 18.2. The summed E-state index contributed by atoms with van der Waals surface area (Å²) in [6.07, 6.45) is 1.76. The Kier molecular flexibility index (Phi) is 15.7. The molecule has 0 fully saturated rings. The fourth-order valence-electron chi connectivity index (χ4n) is 2.33. The maximum absolute atomic E-state index is 11.3. The first kappa shape index (κ1) is 28.9. The zero-order valence-corrected chi connectivity index (χ0v) is 22.0. The summed E-state index contributed by atoms with van der Waals surface area (Å²) in [5, 5.41) is 7.88. The van der Waals surface area contributed by atoms with Crippen molar-refractivity contribution in [1.29, 1.82) is 0 Å². The summed E-state index contributed by atoms with van der Waals surface area (Å²) in [5.41, 5.74) is 0.495. The molecule has 162 valence electrons. The normalized spacial score (nSPS) is 14.0. The maximum Gasteiger partial charge on any atom is 0.333 e. The van der Waals surface area contributed by atoms with E-state index < -0.39 is 25.9 Å². The molecule has 0 amide bonds. The lowest BCUT2D eigenvalue weighted by atomic mass is 10.4. The van der Waals surface area contributed by atoms with Crippen molar-refractivity contribution in [3.63, 3.8) is 0 Å². The zero-order valence-electron chi connectivity index (χ0n) is 18.9. The van der Waals surface area contributed by atoms with E-state index in [2.05, 4.69) is 52.8 Å². The van der Waals surface area contributed by atoms with E-state index in [1.165, 1.54) is 0 Å². The SMILES string of the molecule is C=C(C)C(=O)OCCOC(CC)[SiH](C)O[Si](C)(C)O[Si](C)(C)C.CCCO. The quantitative estimate of drug-likeness (QED) is 0.216. The number of hydrogen-bond acceptors (Lipinski definition) is 6. The van der Waals surface area contributed by atoms with Gasteiger partial charge in [0.25, 0.3) is 0 Å². The summed E-state index contributed by atoms with van der Waals surface area (Å²) in [6, 6.07) is 0. The molecule has 0 aromatic carbocycles. The third kappa shape index (κ3) is 17.5. The summed E-state index contributed by atoms with van der Waals surface area (Å²) in [6.45, 7) is 23.1. The molecule has 0 aliphatic heterocycles. The lowest BCUT2D eigenvalue weighted by molar-refractivity contribution is -0.140. The Hall–Kier alpha value is -0.299. The predicted octanol–water partition coefficient (Wildman–Crippen LogP) is 3.75. The second-order valence-corrected chi connectivity index (χ2v) is 18.8. The van der Waals surface area contributed by atoms with Gasteiger partial charge in [0.2, 0.25) is 0 Å². The van der Waals surface area contributed by atoms with Crippen LogP contribution in [0.5, 0.6) is 0 Å². The highest BCUT2D eigenvalue weighted by Crippen LogP contribution is 2.18. The molecule has 0 heterocycles. The number of ether oxygens (including phenoxy) is 2. The fourth-order valence-corrected chi connectivity index (χ4v) is 14.1. The van der Waals surface area contributed by atoms with Crippen LogP contribution in [-0.2, 0) is 22.5 Å². The van der Waals surface area contributed by atoms with Crippen molar-refractivity contribution in [1.82, 2.24) is 0 Å². The summed E-state index contributed by atoms with van der Waals surface area (Å²) in [7, 11) is -5.26. The molecule has 0 rings (SSSR count). The predicted molar refractivity (Wildman–Crippen MR) is 119 cm³/mol. The standard InChI is InChI=1S/C15H34O5Si3.C3H8O/c1-10-14(17-11-12-18-15(16)13(2)3)21(4)19-23(8,9)20-22(5,6)7;1-2-3-4/h14,21H,2,10-12H2,1,3-9H3;4H,2-3H2,1H3. The molecule has 0 aromatic heterocycles.